The van der Waals surface area contributed by atoms with Crippen molar-refractivity contribution in [2.24, 2.45) is 5.10 Å². The number of esters is 1. The van der Waals surface area contributed by atoms with Crippen molar-refractivity contribution in [2.75, 3.05) is 0 Å². The van der Waals surface area contributed by atoms with Crippen molar-refractivity contribution < 1.29 is 19.1 Å². The lowest BCUT2D eigenvalue weighted by atomic mass is 10.2. The summed E-state index contributed by atoms with van der Waals surface area (Å²) in [5, 5.41) is 7.98. The first kappa shape index (κ1) is 16.0. The molecule has 7 nitrogen and oxygen atoms in total. The molecule has 1 aliphatic rings. The molecule has 8 heteroatoms. The van der Waals surface area contributed by atoms with Gasteiger partial charge in [0.15, 0.2) is 5.17 Å². The SMILES string of the molecule is CC(=O)NC1=NN(C(C)=O)C(c2ccc(OC(C)=O)cc2)S1. The van der Waals surface area contributed by atoms with E-state index in [1.54, 1.807) is 24.3 Å². The third-order valence-electron chi connectivity index (χ3n) is 2.68. The Bertz CT molecular complexity index is 642. The van der Waals surface area contributed by atoms with Crippen LogP contribution in [0.1, 0.15) is 31.7 Å². The number of hydrogen-bond donors (Lipinski definition) is 1. The van der Waals surface area contributed by atoms with Crippen molar-refractivity contribution in [3.63, 3.8) is 0 Å². The van der Waals surface area contributed by atoms with Gasteiger partial charge in [0.25, 0.3) is 0 Å². The van der Waals surface area contributed by atoms with Gasteiger partial charge in [0.05, 0.1) is 0 Å². The third kappa shape index (κ3) is 3.85. The minimum atomic E-state index is -0.398. The fourth-order valence-electron chi connectivity index (χ4n) is 1.85. The molecule has 0 radical (unpaired) electrons. The molecule has 0 saturated carbocycles. The van der Waals surface area contributed by atoms with Gasteiger partial charge in [-0.2, -0.15) is 0 Å². The lowest BCUT2D eigenvalue weighted by molar-refractivity contribution is -0.132. The van der Waals surface area contributed by atoms with E-state index < -0.39 is 5.97 Å². The van der Waals surface area contributed by atoms with E-state index >= 15 is 0 Å². The van der Waals surface area contributed by atoms with E-state index in [4.69, 9.17) is 4.74 Å². The van der Waals surface area contributed by atoms with Crippen LogP contribution in [0, 0.1) is 0 Å². The molecule has 2 amide bonds. The summed E-state index contributed by atoms with van der Waals surface area (Å²) < 4.78 is 4.97. The largest absolute Gasteiger partial charge is 0.427 e. The van der Waals surface area contributed by atoms with Crippen molar-refractivity contribution in [2.45, 2.75) is 26.1 Å². The number of hydrogen-bond acceptors (Lipinski definition) is 6. The second-order valence-electron chi connectivity index (χ2n) is 4.58. The number of amidine groups is 1. The quantitative estimate of drug-likeness (QED) is 0.660. The molecule has 116 valence electrons. The van der Waals surface area contributed by atoms with Crippen LogP contribution in [0.5, 0.6) is 5.75 Å². The van der Waals surface area contributed by atoms with Crippen LogP contribution in [0.15, 0.2) is 29.4 Å². The summed E-state index contributed by atoms with van der Waals surface area (Å²) in [4.78, 5) is 33.7. The highest BCUT2D eigenvalue weighted by atomic mass is 32.2. The molecule has 0 fully saturated rings. The van der Waals surface area contributed by atoms with E-state index in [1.807, 2.05) is 0 Å². The zero-order chi connectivity index (χ0) is 16.3. The highest BCUT2D eigenvalue weighted by Gasteiger charge is 2.32. The van der Waals surface area contributed by atoms with Crippen LogP contribution < -0.4 is 10.1 Å². The van der Waals surface area contributed by atoms with Crippen LogP contribution in [0.4, 0.5) is 0 Å². The standard InChI is InChI=1S/C14H15N3O4S/c1-8(18)15-14-16-17(9(2)19)13(22-14)11-4-6-12(7-5-11)21-10(3)20/h4-7,13H,1-3H3,(H,15,16,18). The van der Waals surface area contributed by atoms with Crippen molar-refractivity contribution in [3.8, 4) is 5.75 Å². The molecule has 0 saturated heterocycles. The van der Waals surface area contributed by atoms with Gasteiger partial charge in [0, 0.05) is 20.8 Å². The number of hydrazone groups is 1. The Hall–Kier alpha value is -2.35. The fraction of sp³-hybridized carbons (Fsp3) is 0.286. The monoisotopic (exact) mass is 321 g/mol. The second-order valence-corrected chi connectivity index (χ2v) is 5.65. The molecular formula is C14H15N3O4S. The number of ether oxygens (including phenoxy) is 1. The Balaban J connectivity index is 2.18. The Morgan fingerprint density at radius 3 is 2.32 bits per heavy atom. The number of amides is 2. The summed E-state index contributed by atoms with van der Waals surface area (Å²) in [5.74, 6) is -0.455. The average molecular weight is 321 g/mol. The van der Waals surface area contributed by atoms with Crippen LogP contribution in [0.3, 0.4) is 0 Å². The van der Waals surface area contributed by atoms with E-state index in [-0.39, 0.29) is 17.2 Å². The Kier molecular flexibility index (Phi) is 4.81. The molecule has 1 heterocycles. The minimum Gasteiger partial charge on any atom is -0.427 e. The zero-order valence-corrected chi connectivity index (χ0v) is 13.1. The number of benzene rings is 1. The molecular weight excluding hydrogens is 306 g/mol. The summed E-state index contributed by atoms with van der Waals surface area (Å²) in [6, 6.07) is 6.79. The maximum Gasteiger partial charge on any atom is 0.308 e. The summed E-state index contributed by atoms with van der Waals surface area (Å²) in [6.07, 6.45) is 0. The van der Waals surface area contributed by atoms with Gasteiger partial charge in [-0.05, 0) is 17.7 Å². The van der Waals surface area contributed by atoms with Crippen LogP contribution in [-0.2, 0) is 14.4 Å². The Labute approximate surface area is 131 Å². The topological polar surface area (TPSA) is 88.1 Å². The molecule has 1 aliphatic heterocycles. The van der Waals surface area contributed by atoms with Gasteiger partial charge in [0.2, 0.25) is 11.8 Å². The minimum absolute atomic E-state index is 0.234. The first-order chi connectivity index (χ1) is 10.4. The number of thioether (sulfide) groups is 1. The predicted molar refractivity (Wildman–Crippen MR) is 81.9 cm³/mol. The van der Waals surface area contributed by atoms with E-state index in [0.29, 0.717) is 10.9 Å². The summed E-state index contributed by atoms with van der Waals surface area (Å²) in [6.45, 7) is 4.11. The van der Waals surface area contributed by atoms with E-state index in [2.05, 4.69) is 10.4 Å². The lowest BCUT2D eigenvalue weighted by Crippen LogP contribution is -2.25. The number of nitrogens with one attached hydrogen (secondary N) is 1. The van der Waals surface area contributed by atoms with E-state index in [9.17, 15) is 14.4 Å². The Morgan fingerprint density at radius 2 is 1.82 bits per heavy atom. The maximum absolute atomic E-state index is 11.7. The predicted octanol–water partition coefficient (Wildman–Crippen LogP) is 1.61. The van der Waals surface area contributed by atoms with E-state index in [1.165, 1.54) is 37.5 Å². The molecule has 22 heavy (non-hydrogen) atoms. The number of carbonyl (C=O) groups excluding carboxylic acids is 3. The molecule has 0 aromatic heterocycles. The number of nitrogens with zero attached hydrogens (tertiary/aromatic N) is 2. The van der Waals surface area contributed by atoms with Gasteiger partial charge in [-0.25, -0.2) is 5.01 Å². The molecule has 2 rings (SSSR count). The molecule has 1 aromatic rings. The number of rotatable bonds is 2. The smallest absolute Gasteiger partial charge is 0.308 e. The third-order valence-corrected chi connectivity index (χ3v) is 3.78. The van der Waals surface area contributed by atoms with Crippen LogP contribution in [0.25, 0.3) is 0 Å². The van der Waals surface area contributed by atoms with Crippen LogP contribution in [-0.4, -0.2) is 28.0 Å². The zero-order valence-electron chi connectivity index (χ0n) is 12.3. The first-order valence-corrected chi connectivity index (χ1v) is 7.36. The molecule has 1 unspecified atom stereocenters. The highest BCUT2D eigenvalue weighted by Crippen LogP contribution is 2.39. The first-order valence-electron chi connectivity index (χ1n) is 6.48. The highest BCUT2D eigenvalue weighted by molar-refractivity contribution is 8.14. The van der Waals surface area contributed by atoms with Gasteiger partial charge >= 0.3 is 5.97 Å². The normalized spacial score (nSPS) is 17.0. The summed E-state index contributed by atoms with van der Waals surface area (Å²) in [7, 11) is 0. The second kappa shape index (κ2) is 6.61. The molecule has 1 aromatic carbocycles. The fourth-order valence-corrected chi connectivity index (χ4v) is 2.98. The molecule has 1 atom stereocenters. The van der Waals surface area contributed by atoms with Gasteiger partial charge in [-0.3, -0.25) is 14.4 Å². The molecule has 1 N–H and O–H groups in total. The molecule has 0 bridgehead atoms. The van der Waals surface area contributed by atoms with Gasteiger partial charge in [0.1, 0.15) is 11.1 Å². The van der Waals surface area contributed by atoms with Gasteiger partial charge < -0.3 is 10.1 Å². The average Bonchev–Trinajstić information content (AvgIpc) is 2.82. The van der Waals surface area contributed by atoms with Gasteiger partial charge in [-0.1, -0.05) is 23.9 Å². The molecule has 0 spiro atoms. The Morgan fingerprint density at radius 1 is 1.18 bits per heavy atom. The summed E-state index contributed by atoms with van der Waals surface area (Å²) >= 11 is 1.26. The van der Waals surface area contributed by atoms with Crippen molar-refractivity contribution in [1.29, 1.82) is 0 Å². The van der Waals surface area contributed by atoms with Crippen molar-refractivity contribution in [3.05, 3.63) is 29.8 Å². The van der Waals surface area contributed by atoms with Crippen molar-refractivity contribution >= 4 is 34.7 Å². The van der Waals surface area contributed by atoms with Crippen molar-refractivity contribution in [1.82, 2.24) is 10.3 Å². The van der Waals surface area contributed by atoms with E-state index in [0.717, 1.165) is 5.56 Å². The van der Waals surface area contributed by atoms with Gasteiger partial charge in [-0.15, -0.1) is 5.10 Å². The lowest BCUT2D eigenvalue weighted by Gasteiger charge is -2.19. The van der Waals surface area contributed by atoms with Crippen LogP contribution >= 0.6 is 11.8 Å². The molecule has 0 aliphatic carbocycles. The number of carbonyl (C=O) groups is 3. The van der Waals surface area contributed by atoms with Crippen LogP contribution in [0.2, 0.25) is 0 Å². The summed E-state index contributed by atoms with van der Waals surface area (Å²) in [5.41, 5.74) is 0.806. The maximum atomic E-state index is 11.7.